The van der Waals surface area contributed by atoms with Crippen molar-refractivity contribution in [2.24, 2.45) is 7.05 Å². The fourth-order valence-electron chi connectivity index (χ4n) is 2.03. The van der Waals surface area contributed by atoms with Gasteiger partial charge >= 0.3 is 6.03 Å². The predicted octanol–water partition coefficient (Wildman–Crippen LogP) is 3.09. The molecule has 0 aliphatic carbocycles. The number of amides is 2. The van der Waals surface area contributed by atoms with Crippen molar-refractivity contribution in [3.05, 3.63) is 52.3 Å². The first-order valence-corrected chi connectivity index (χ1v) is 7.49. The topological polar surface area (TPSA) is 50.2 Å². The third-order valence-corrected chi connectivity index (χ3v) is 3.76. The van der Waals surface area contributed by atoms with Crippen molar-refractivity contribution in [3.63, 3.8) is 0 Å². The number of hydrogen-bond donors (Lipinski definition) is 1. The summed E-state index contributed by atoms with van der Waals surface area (Å²) in [5.74, 6) is 0. The van der Waals surface area contributed by atoms with Gasteiger partial charge in [0.15, 0.2) is 0 Å². The Labute approximate surface area is 133 Å². The van der Waals surface area contributed by atoms with Crippen molar-refractivity contribution in [2.45, 2.75) is 19.5 Å². The normalized spacial score (nSPS) is 12.0. The minimum Gasteiger partial charge on any atom is -0.331 e. The molecule has 5 nitrogen and oxygen atoms in total. The van der Waals surface area contributed by atoms with E-state index in [9.17, 15) is 4.79 Å². The maximum atomic E-state index is 12.2. The van der Waals surface area contributed by atoms with Gasteiger partial charge in [-0.2, -0.15) is 5.10 Å². The fourth-order valence-corrected chi connectivity index (χ4v) is 2.29. The molecule has 2 amide bonds. The molecule has 0 radical (unpaired) electrons. The van der Waals surface area contributed by atoms with Crippen molar-refractivity contribution in [3.8, 4) is 0 Å². The van der Waals surface area contributed by atoms with Crippen LogP contribution in [0.2, 0.25) is 0 Å². The lowest BCUT2D eigenvalue weighted by atomic mass is 10.1. The third-order valence-electron chi connectivity index (χ3n) is 3.23. The van der Waals surface area contributed by atoms with Crippen LogP contribution in [0.5, 0.6) is 0 Å². The van der Waals surface area contributed by atoms with E-state index in [1.54, 1.807) is 22.8 Å². The highest BCUT2D eigenvalue weighted by Crippen LogP contribution is 2.16. The number of halogens is 1. The number of hydrogen-bond acceptors (Lipinski definition) is 2. The van der Waals surface area contributed by atoms with Crippen LogP contribution in [0.15, 0.2) is 41.1 Å². The quantitative estimate of drug-likeness (QED) is 0.920. The van der Waals surface area contributed by atoms with Gasteiger partial charge in [-0.1, -0.05) is 28.1 Å². The average molecular weight is 351 g/mol. The Bertz CT molecular complexity index is 608. The molecule has 1 unspecified atom stereocenters. The van der Waals surface area contributed by atoms with Gasteiger partial charge in [0.2, 0.25) is 0 Å². The van der Waals surface area contributed by atoms with E-state index in [4.69, 9.17) is 0 Å². The van der Waals surface area contributed by atoms with Gasteiger partial charge < -0.3 is 10.2 Å². The Morgan fingerprint density at radius 2 is 2.10 bits per heavy atom. The fraction of sp³-hybridized carbons (Fsp3) is 0.333. The Morgan fingerprint density at radius 1 is 1.43 bits per heavy atom. The summed E-state index contributed by atoms with van der Waals surface area (Å²) in [6, 6.07) is 7.79. The molecule has 0 spiro atoms. The molecule has 21 heavy (non-hydrogen) atoms. The summed E-state index contributed by atoms with van der Waals surface area (Å²) in [7, 11) is 3.63. The maximum Gasteiger partial charge on any atom is 0.317 e. The molecular weight excluding hydrogens is 332 g/mol. The van der Waals surface area contributed by atoms with E-state index in [1.807, 2.05) is 44.4 Å². The third kappa shape index (κ3) is 4.32. The van der Waals surface area contributed by atoms with Crippen LogP contribution in [0, 0.1) is 0 Å². The highest BCUT2D eigenvalue weighted by molar-refractivity contribution is 9.10. The zero-order valence-corrected chi connectivity index (χ0v) is 14.0. The van der Waals surface area contributed by atoms with Crippen LogP contribution >= 0.6 is 15.9 Å². The van der Waals surface area contributed by atoms with Crippen LogP contribution in [0.1, 0.15) is 24.1 Å². The highest BCUT2D eigenvalue weighted by Gasteiger charge is 2.14. The van der Waals surface area contributed by atoms with Crippen LogP contribution < -0.4 is 5.32 Å². The molecule has 1 aromatic heterocycles. The molecule has 0 bridgehead atoms. The first-order chi connectivity index (χ1) is 9.95. The minimum atomic E-state index is -0.103. The average Bonchev–Trinajstić information content (AvgIpc) is 2.84. The molecule has 6 heteroatoms. The van der Waals surface area contributed by atoms with Crippen LogP contribution in [-0.2, 0) is 13.6 Å². The van der Waals surface area contributed by atoms with Gasteiger partial charge in [-0.25, -0.2) is 4.79 Å². The molecule has 1 N–H and O–H groups in total. The molecule has 0 saturated heterocycles. The van der Waals surface area contributed by atoms with E-state index in [0.29, 0.717) is 6.54 Å². The van der Waals surface area contributed by atoms with Gasteiger partial charge in [0.1, 0.15) is 0 Å². The van der Waals surface area contributed by atoms with Crippen molar-refractivity contribution in [1.82, 2.24) is 20.0 Å². The van der Waals surface area contributed by atoms with E-state index in [-0.39, 0.29) is 12.1 Å². The molecule has 1 heterocycles. The second kappa shape index (κ2) is 6.76. The van der Waals surface area contributed by atoms with Gasteiger partial charge in [-0.05, 0) is 24.6 Å². The summed E-state index contributed by atoms with van der Waals surface area (Å²) < 4.78 is 2.75. The zero-order valence-electron chi connectivity index (χ0n) is 12.4. The van der Waals surface area contributed by atoms with Crippen molar-refractivity contribution >= 4 is 22.0 Å². The number of benzene rings is 1. The van der Waals surface area contributed by atoms with Gasteiger partial charge in [0, 0.05) is 30.3 Å². The summed E-state index contributed by atoms with van der Waals surface area (Å²) in [5.41, 5.74) is 2.08. The van der Waals surface area contributed by atoms with Crippen molar-refractivity contribution < 1.29 is 4.79 Å². The smallest absolute Gasteiger partial charge is 0.317 e. The van der Waals surface area contributed by atoms with Crippen molar-refractivity contribution in [1.29, 1.82) is 0 Å². The molecule has 0 saturated carbocycles. The number of nitrogens with one attached hydrogen (secondary N) is 1. The molecule has 1 atom stereocenters. The minimum absolute atomic E-state index is 0.0399. The van der Waals surface area contributed by atoms with Gasteiger partial charge in [0.05, 0.1) is 18.8 Å². The first-order valence-electron chi connectivity index (χ1n) is 6.70. The lowest BCUT2D eigenvalue weighted by molar-refractivity contribution is 0.203. The summed E-state index contributed by atoms with van der Waals surface area (Å²) in [5, 5.41) is 7.09. The lowest BCUT2D eigenvalue weighted by Gasteiger charge is -2.21. The summed E-state index contributed by atoms with van der Waals surface area (Å²) in [6.07, 6.45) is 3.67. The SMILES string of the molecule is CC(NC(=O)N(C)Cc1cnn(C)c1)c1ccc(Br)cc1. The second-order valence-corrected chi connectivity index (χ2v) is 6.02. The van der Waals surface area contributed by atoms with Gasteiger partial charge in [0.25, 0.3) is 0 Å². The van der Waals surface area contributed by atoms with Gasteiger partial charge in [-0.3, -0.25) is 4.68 Å². The number of carbonyl (C=O) groups is 1. The summed E-state index contributed by atoms with van der Waals surface area (Å²) in [4.78, 5) is 13.8. The standard InChI is InChI=1S/C15H19BrN4O/c1-11(13-4-6-14(16)7-5-13)18-15(21)19(2)9-12-8-17-20(3)10-12/h4-8,10-11H,9H2,1-3H3,(H,18,21). The molecule has 0 aliphatic heterocycles. The van der Waals surface area contributed by atoms with E-state index in [0.717, 1.165) is 15.6 Å². The lowest BCUT2D eigenvalue weighted by Crippen LogP contribution is -2.38. The highest BCUT2D eigenvalue weighted by atomic mass is 79.9. The molecule has 112 valence electrons. The Hall–Kier alpha value is -1.82. The van der Waals surface area contributed by atoms with E-state index >= 15 is 0 Å². The van der Waals surface area contributed by atoms with E-state index in [1.165, 1.54) is 0 Å². The molecule has 2 aromatic rings. The largest absolute Gasteiger partial charge is 0.331 e. The Morgan fingerprint density at radius 3 is 2.67 bits per heavy atom. The Kier molecular flexibility index (Phi) is 5.01. The molecule has 0 aliphatic rings. The monoisotopic (exact) mass is 350 g/mol. The first kappa shape index (κ1) is 15.6. The molecule has 2 rings (SSSR count). The van der Waals surface area contributed by atoms with Crippen LogP contribution in [-0.4, -0.2) is 27.8 Å². The Balaban J connectivity index is 1.92. The summed E-state index contributed by atoms with van der Waals surface area (Å²) >= 11 is 3.40. The van der Waals surface area contributed by atoms with Crippen molar-refractivity contribution in [2.75, 3.05) is 7.05 Å². The van der Waals surface area contributed by atoms with E-state index in [2.05, 4.69) is 26.3 Å². The number of rotatable bonds is 4. The molecule has 1 aromatic carbocycles. The predicted molar refractivity (Wildman–Crippen MR) is 85.8 cm³/mol. The number of nitrogens with zero attached hydrogens (tertiary/aromatic N) is 3. The second-order valence-electron chi connectivity index (χ2n) is 5.10. The van der Waals surface area contributed by atoms with E-state index < -0.39 is 0 Å². The molecule has 0 fully saturated rings. The number of aryl methyl sites for hydroxylation is 1. The number of carbonyl (C=O) groups excluding carboxylic acids is 1. The van der Waals surface area contributed by atoms with Crippen LogP contribution in [0.25, 0.3) is 0 Å². The maximum absolute atomic E-state index is 12.2. The summed E-state index contributed by atoms with van der Waals surface area (Å²) in [6.45, 7) is 2.51. The van der Waals surface area contributed by atoms with Crippen LogP contribution in [0.4, 0.5) is 4.79 Å². The number of urea groups is 1. The number of aromatic nitrogens is 2. The van der Waals surface area contributed by atoms with Gasteiger partial charge in [-0.15, -0.1) is 0 Å². The molecular formula is C15H19BrN4O. The van der Waals surface area contributed by atoms with Crippen LogP contribution in [0.3, 0.4) is 0 Å². The zero-order chi connectivity index (χ0) is 15.4.